The minimum absolute atomic E-state index is 0.725. The van der Waals surface area contributed by atoms with Crippen molar-refractivity contribution in [1.82, 2.24) is 5.32 Å². The maximum absolute atomic E-state index is 6.36. The summed E-state index contributed by atoms with van der Waals surface area (Å²) in [5.41, 5.74) is 2.55. The predicted octanol–water partition coefficient (Wildman–Crippen LogP) is 3.44. The van der Waals surface area contributed by atoms with Crippen LogP contribution in [-0.4, -0.2) is 19.6 Å². The van der Waals surface area contributed by atoms with E-state index in [9.17, 15) is 0 Å². The third-order valence-electron chi connectivity index (χ3n) is 3.88. The van der Waals surface area contributed by atoms with Crippen LogP contribution in [0.4, 0.5) is 5.69 Å². The number of rotatable bonds is 6. The lowest BCUT2D eigenvalue weighted by Crippen LogP contribution is -2.24. The highest BCUT2D eigenvalue weighted by molar-refractivity contribution is 6.31. The Kier molecular flexibility index (Phi) is 3.49. The zero-order valence-electron chi connectivity index (χ0n) is 11.0. The van der Waals surface area contributed by atoms with E-state index < -0.39 is 0 Å². The summed E-state index contributed by atoms with van der Waals surface area (Å²) in [6, 6.07) is 6.97. The second kappa shape index (κ2) is 5.10. The zero-order valence-corrected chi connectivity index (χ0v) is 11.7. The fraction of sp³-hybridized carbons (Fsp3) is 0.600. The molecule has 0 aromatic heterocycles. The van der Waals surface area contributed by atoms with Gasteiger partial charge in [0.25, 0.3) is 0 Å². The molecule has 18 heavy (non-hydrogen) atoms. The van der Waals surface area contributed by atoms with E-state index in [1.807, 2.05) is 6.07 Å². The molecule has 0 bridgehead atoms. The van der Waals surface area contributed by atoms with Crippen LogP contribution in [-0.2, 0) is 6.54 Å². The lowest BCUT2D eigenvalue weighted by Gasteiger charge is -2.23. The van der Waals surface area contributed by atoms with E-state index in [4.69, 9.17) is 11.6 Å². The molecule has 2 fully saturated rings. The number of nitrogens with one attached hydrogen (secondary N) is 1. The first kappa shape index (κ1) is 12.3. The number of hydrogen-bond donors (Lipinski definition) is 1. The van der Waals surface area contributed by atoms with Crippen LogP contribution in [0.15, 0.2) is 18.2 Å². The summed E-state index contributed by atoms with van der Waals surface area (Å²) in [6.45, 7) is 2.06. The van der Waals surface area contributed by atoms with Crippen molar-refractivity contribution in [1.29, 1.82) is 0 Å². The van der Waals surface area contributed by atoms with E-state index in [0.29, 0.717) is 0 Å². The van der Waals surface area contributed by atoms with Gasteiger partial charge in [0, 0.05) is 42.5 Å². The summed E-state index contributed by atoms with van der Waals surface area (Å²) in [4.78, 5) is 2.37. The first-order valence-corrected chi connectivity index (χ1v) is 7.34. The molecule has 2 nitrogen and oxygen atoms in total. The van der Waals surface area contributed by atoms with Gasteiger partial charge in [-0.05, 0) is 43.7 Å². The summed E-state index contributed by atoms with van der Waals surface area (Å²) in [7, 11) is 2.19. The molecule has 3 heteroatoms. The number of anilines is 1. The van der Waals surface area contributed by atoms with Crippen LogP contribution in [0.1, 0.15) is 31.2 Å². The van der Waals surface area contributed by atoms with Crippen LogP contribution >= 0.6 is 11.6 Å². The normalized spacial score (nSPS) is 19.0. The summed E-state index contributed by atoms with van der Waals surface area (Å²) >= 11 is 6.36. The highest BCUT2D eigenvalue weighted by Gasteiger charge is 2.25. The molecule has 3 rings (SSSR count). The molecule has 0 saturated heterocycles. The molecule has 0 spiro atoms. The second-order valence-electron chi connectivity index (χ2n) is 5.72. The van der Waals surface area contributed by atoms with Crippen LogP contribution in [0.3, 0.4) is 0 Å². The lowest BCUT2D eigenvalue weighted by atomic mass is 10.1. The Morgan fingerprint density at radius 2 is 2.06 bits per heavy atom. The Hall–Kier alpha value is -0.730. The van der Waals surface area contributed by atoms with E-state index in [2.05, 4.69) is 29.4 Å². The average molecular weight is 265 g/mol. The van der Waals surface area contributed by atoms with Crippen LogP contribution in [0.2, 0.25) is 5.02 Å². The standard InChI is InChI=1S/C15H21ClN2/c1-18(10-11-5-6-11)15-4-2-3-14(16)13(15)9-17-12-7-8-12/h2-4,11-12,17H,5-10H2,1H3. The van der Waals surface area contributed by atoms with Gasteiger partial charge in [0.1, 0.15) is 0 Å². The maximum Gasteiger partial charge on any atom is 0.0471 e. The highest BCUT2D eigenvalue weighted by atomic mass is 35.5. The number of hydrogen-bond acceptors (Lipinski definition) is 2. The molecule has 0 unspecified atom stereocenters. The van der Waals surface area contributed by atoms with Crippen LogP contribution in [0, 0.1) is 5.92 Å². The molecule has 0 radical (unpaired) electrons. The Bertz CT molecular complexity index is 425. The molecule has 98 valence electrons. The van der Waals surface area contributed by atoms with Crippen molar-refractivity contribution in [3.05, 3.63) is 28.8 Å². The number of benzene rings is 1. The molecule has 1 aromatic carbocycles. The minimum atomic E-state index is 0.725. The zero-order chi connectivity index (χ0) is 12.5. The van der Waals surface area contributed by atoms with Gasteiger partial charge in [-0.3, -0.25) is 0 Å². The number of halogens is 1. The van der Waals surface area contributed by atoms with Crippen molar-refractivity contribution in [2.75, 3.05) is 18.5 Å². The summed E-state index contributed by atoms with van der Waals surface area (Å²) < 4.78 is 0. The van der Waals surface area contributed by atoms with Crippen molar-refractivity contribution in [2.45, 2.75) is 38.3 Å². The van der Waals surface area contributed by atoms with Crippen molar-refractivity contribution < 1.29 is 0 Å². The van der Waals surface area contributed by atoms with E-state index in [0.717, 1.165) is 30.1 Å². The fourth-order valence-corrected chi connectivity index (χ4v) is 2.64. The molecular weight excluding hydrogens is 244 g/mol. The Morgan fingerprint density at radius 3 is 2.72 bits per heavy atom. The molecule has 2 aliphatic rings. The highest BCUT2D eigenvalue weighted by Crippen LogP contribution is 2.33. The van der Waals surface area contributed by atoms with Crippen molar-refractivity contribution in [3.8, 4) is 0 Å². The topological polar surface area (TPSA) is 15.3 Å². The largest absolute Gasteiger partial charge is 0.374 e. The summed E-state index contributed by atoms with van der Waals surface area (Å²) in [5, 5.41) is 4.46. The summed E-state index contributed by atoms with van der Waals surface area (Å²) in [5.74, 6) is 0.901. The fourth-order valence-electron chi connectivity index (χ4n) is 2.40. The van der Waals surface area contributed by atoms with E-state index in [-0.39, 0.29) is 0 Å². The van der Waals surface area contributed by atoms with Crippen molar-refractivity contribution in [2.24, 2.45) is 5.92 Å². The van der Waals surface area contributed by atoms with Crippen LogP contribution in [0.25, 0.3) is 0 Å². The lowest BCUT2D eigenvalue weighted by molar-refractivity contribution is 0.683. The van der Waals surface area contributed by atoms with E-state index >= 15 is 0 Å². The molecule has 2 saturated carbocycles. The molecule has 1 aromatic rings. The van der Waals surface area contributed by atoms with Gasteiger partial charge < -0.3 is 10.2 Å². The van der Waals surface area contributed by atoms with Gasteiger partial charge in [-0.2, -0.15) is 0 Å². The monoisotopic (exact) mass is 264 g/mol. The van der Waals surface area contributed by atoms with E-state index in [1.165, 1.54) is 36.9 Å². The molecule has 1 N–H and O–H groups in total. The predicted molar refractivity (Wildman–Crippen MR) is 77.3 cm³/mol. The maximum atomic E-state index is 6.36. The second-order valence-corrected chi connectivity index (χ2v) is 6.12. The average Bonchev–Trinajstić information content (AvgIpc) is 3.22. The van der Waals surface area contributed by atoms with Gasteiger partial charge in [0.2, 0.25) is 0 Å². The summed E-state index contributed by atoms with van der Waals surface area (Å²) in [6.07, 6.45) is 5.41. The quantitative estimate of drug-likeness (QED) is 0.847. The van der Waals surface area contributed by atoms with Gasteiger partial charge >= 0.3 is 0 Å². The smallest absolute Gasteiger partial charge is 0.0471 e. The van der Waals surface area contributed by atoms with E-state index in [1.54, 1.807) is 0 Å². The Morgan fingerprint density at radius 1 is 1.28 bits per heavy atom. The molecular formula is C15H21ClN2. The van der Waals surface area contributed by atoms with Gasteiger partial charge in [0.15, 0.2) is 0 Å². The van der Waals surface area contributed by atoms with Gasteiger partial charge in [-0.1, -0.05) is 17.7 Å². The Balaban J connectivity index is 1.74. The van der Waals surface area contributed by atoms with Crippen molar-refractivity contribution >= 4 is 17.3 Å². The first-order chi connectivity index (χ1) is 8.74. The Labute approximate surface area is 114 Å². The van der Waals surface area contributed by atoms with Crippen molar-refractivity contribution in [3.63, 3.8) is 0 Å². The minimum Gasteiger partial charge on any atom is -0.374 e. The third kappa shape index (κ3) is 2.99. The van der Waals surface area contributed by atoms with Crippen LogP contribution in [0.5, 0.6) is 0 Å². The third-order valence-corrected chi connectivity index (χ3v) is 4.23. The molecule has 0 amide bonds. The SMILES string of the molecule is CN(CC1CC1)c1cccc(Cl)c1CNC1CC1. The number of nitrogens with zero attached hydrogens (tertiary/aromatic N) is 1. The molecule has 0 atom stereocenters. The van der Waals surface area contributed by atoms with Gasteiger partial charge in [-0.15, -0.1) is 0 Å². The molecule has 0 aliphatic heterocycles. The molecule has 0 heterocycles. The van der Waals surface area contributed by atoms with Gasteiger partial charge in [-0.25, -0.2) is 0 Å². The first-order valence-electron chi connectivity index (χ1n) is 6.96. The van der Waals surface area contributed by atoms with Crippen LogP contribution < -0.4 is 10.2 Å². The van der Waals surface area contributed by atoms with Gasteiger partial charge in [0.05, 0.1) is 0 Å². The molecule has 2 aliphatic carbocycles.